The average Bonchev–Trinajstić information content (AvgIpc) is 2.69. The van der Waals surface area contributed by atoms with Gasteiger partial charge in [-0.05, 0) is 18.4 Å². The molecule has 1 aliphatic rings. The molecule has 0 spiro atoms. The molecule has 0 aromatic heterocycles. The molecule has 1 heterocycles. The number of non-ortho nitro benzene ring substituents is 1. The van der Waals surface area contributed by atoms with E-state index in [-0.39, 0.29) is 36.7 Å². The number of carbonyl (C=O) groups is 2. The van der Waals surface area contributed by atoms with Gasteiger partial charge in [0.2, 0.25) is 5.91 Å². The highest BCUT2D eigenvalue weighted by molar-refractivity contribution is 5.85. The zero-order valence-corrected chi connectivity index (χ0v) is 13.7. The highest BCUT2D eigenvalue weighted by Gasteiger charge is 2.48. The van der Waals surface area contributed by atoms with Crippen molar-refractivity contribution >= 4 is 17.6 Å². The topological polar surface area (TPSA) is 89.8 Å². The van der Waals surface area contributed by atoms with Gasteiger partial charge in [0.05, 0.1) is 17.6 Å². The largest absolute Gasteiger partial charge is 0.465 e. The van der Waals surface area contributed by atoms with E-state index in [2.05, 4.69) is 0 Å². The summed E-state index contributed by atoms with van der Waals surface area (Å²) in [5, 5.41) is 11.0. The molecule has 1 fully saturated rings. The van der Waals surface area contributed by atoms with Crippen LogP contribution in [0.4, 0.5) is 10.1 Å². The van der Waals surface area contributed by atoms with E-state index in [1.54, 1.807) is 20.8 Å². The van der Waals surface area contributed by atoms with Crippen LogP contribution in [0, 0.1) is 21.3 Å². The summed E-state index contributed by atoms with van der Waals surface area (Å²) in [5.74, 6) is -1.56. The molecule has 130 valence electrons. The lowest BCUT2D eigenvalue weighted by Gasteiger charge is -2.32. The quantitative estimate of drug-likeness (QED) is 0.468. The zero-order chi connectivity index (χ0) is 18.1. The van der Waals surface area contributed by atoms with Gasteiger partial charge in [0, 0.05) is 24.1 Å². The van der Waals surface area contributed by atoms with E-state index in [1.165, 1.54) is 4.90 Å². The number of rotatable bonds is 5. The maximum atomic E-state index is 14.3. The van der Waals surface area contributed by atoms with Crippen molar-refractivity contribution in [2.45, 2.75) is 33.2 Å². The van der Waals surface area contributed by atoms with Gasteiger partial charge in [-0.15, -0.1) is 0 Å². The van der Waals surface area contributed by atoms with Gasteiger partial charge in [0.25, 0.3) is 5.69 Å². The van der Waals surface area contributed by atoms with Crippen LogP contribution in [-0.4, -0.2) is 34.9 Å². The number of nitrogens with zero attached hydrogens (tertiary/aromatic N) is 2. The van der Waals surface area contributed by atoms with Gasteiger partial charge < -0.3 is 9.64 Å². The molecule has 7 nitrogen and oxygen atoms in total. The molecular weight excluding hydrogens is 319 g/mol. The summed E-state index contributed by atoms with van der Waals surface area (Å²) < 4.78 is 19.2. The van der Waals surface area contributed by atoms with Crippen molar-refractivity contribution in [3.8, 4) is 0 Å². The lowest BCUT2D eigenvalue weighted by atomic mass is 9.80. The van der Waals surface area contributed by atoms with E-state index in [0.29, 0.717) is 0 Å². The maximum Gasteiger partial charge on any atom is 0.325 e. The van der Waals surface area contributed by atoms with Gasteiger partial charge in [-0.25, -0.2) is 4.39 Å². The van der Waals surface area contributed by atoms with Crippen LogP contribution in [0.2, 0.25) is 0 Å². The number of carbonyl (C=O) groups excluding carboxylic acids is 2. The number of ether oxygens (including phenoxy) is 1. The SMILES string of the molecule is CCOC(=O)CN1C(=O)CC(C)(C)[C@H]1c1cc([N+](=O)[O-])ccc1F. The van der Waals surface area contributed by atoms with Gasteiger partial charge in [0.1, 0.15) is 12.4 Å². The third kappa shape index (κ3) is 3.37. The second-order valence-electron chi connectivity index (χ2n) is 6.36. The van der Waals surface area contributed by atoms with Crippen molar-refractivity contribution < 1.29 is 23.6 Å². The van der Waals surface area contributed by atoms with Gasteiger partial charge in [0.15, 0.2) is 0 Å². The number of benzene rings is 1. The molecule has 8 heteroatoms. The van der Waals surface area contributed by atoms with Crippen molar-refractivity contribution in [2.24, 2.45) is 5.41 Å². The number of hydrogen-bond acceptors (Lipinski definition) is 5. The van der Waals surface area contributed by atoms with E-state index < -0.39 is 28.2 Å². The summed E-state index contributed by atoms with van der Waals surface area (Å²) in [6, 6.07) is 2.42. The summed E-state index contributed by atoms with van der Waals surface area (Å²) in [6.07, 6.45) is 0.110. The fourth-order valence-electron chi connectivity index (χ4n) is 3.12. The highest BCUT2D eigenvalue weighted by Crippen LogP contribution is 2.48. The molecule has 1 aromatic carbocycles. The van der Waals surface area contributed by atoms with Gasteiger partial charge >= 0.3 is 5.97 Å². The molecule has 0 unspecified atom stereocenters. The second-order valence-corrected chi connectivity index (χ2v) is 6.36. The van der Waals surface area contributed by atoms with E-state index >= 15 is 0 Å². The minimum Gasteiger partial charge on any atom is -0.465 e. The molecular formula is C16H19FN2O5. The number of hydrogen-bond donors (Lipinski definition) is 0. The Balaban J connectivity index is 2.46. The number of nitro benzene ring substituents is 1. The van der Waals surface area contributed by atoms with Crippen LogP contribution in [0.1, 0.15) is 38.8 Å². The van der Waals surface area contributed by atoms with Gasteiger partial charge in [-0.2, -0.15) is 0 Å². The van der Waals surface area contributed by atoms with Crippen molar-refractivity contribution in [3.63, 3.8) is 0 Å². The average molecular weight is 338 g/mol. The molecule has 0 radical (unpaired) electrons. The Bertz CT molecular complexity index is 689. The lowest BCUT2D eigenvalue weighted by molar-refractivity contribution is -0.385. The Morgan fingerprint density at radius 2 is 2.17 bits per heavy atom. The number of amides is 1. The molecule has 0 N–H and O–H groups in total. The number of likely N-dealkylation sites (tertiary alicyclic amines) is 1. The predicted molar refractivity (Wildman–Crippen MR) is 82.5 cm³/mol. The molecule has 0 bridgehead atoms. The first-order chi connectivity index (χ1) is 11.2. The summed E-state index contributed by atoms with van der Waals surface area (Å²) in [7, 11) is 0. The number of nitro groups is 1. The van der Waals surface area contributed by atoms with E-state index in [0.717, 1.165) is 18.2 Å². The maximum absolute atomic E-state index is 14.3. The lowest BCUT2D eigenvalue weighted by Crippen LogP contribution is -2.36. The molecule has 1 aliphatic heterocycles. The molecule has 2 rings (SSSR count). The summed E-state index contributed by atoms with van der Waals surface area (Å²) >= 11 is 0. The minimum absolute atomic E-state index is 0.0318. The van der Waals surface area contributed by atoms with Crippen molar-refractivity contribution in [1.82, 2.24) is 4.90 Å². The summed E-state index contributed by atoms with van der Waals surface area (Å²) in [5.41, 5.74) is -0.915. The molecule has 1 amide bonds. The van der Waals surface area contributed by atoms with Crippen LogP contribution in [0.3, 0.4) is 0 Å². The van der Waals surface area contributed by atoms with Crippen molar-refractivity contribution in [2.75, 3.05) is 13.2 Å². The van der Waals surface area contributed by atoms with Crippen LogP contribution in [0.15, 0.2) is 18.2 Å². The normalized spacial score (nSPS) is 19.4. The first-order valence-corrected chi connectivity index (χ1v) is 7.56. The summed E-state index contributed by atoms with van der Waals surface area (Å²) in [6.45, 7) is 5.02. The van der Waals surface area contributed by atoms with Crippen LogP contribution >= 0.6 is 0 Å². The Morgan fingerprint density at radius 1 is 1.50 bits per heavy atom. The molecule has 1 saturated heterocycles. The standard InChI is InChI=1S/C16H19FN2O5/c1-4-24-14(21)9-18-13(20)8-16(2,3)15(18)11-7-10(19(22)23)5-6-12(11)17/h5-7,15H,4,8-9H2,1-3H3/t15-/m1/s1. The summed E-state index contributed by atoms with van der Waals surface area (Å²) in [4.78, 5) is 35.7. The monoisotopic (exact) mass is 338 g/mol. The van der Waals surface area contributed by atoms with Crippen molar-refractivity contribution in [1.29, 1.82) is 0 Å². The van der Waals surface area contributed by atoms with Crippen molar-refractivity contribution in [3.05, 3.63) is 39.7 Å². The third-order valence-corrected chi connectivity index (χ3v) is 4.07. The fraction of sp³-hybridized carbons (Fsp3) is 0.500. The molecule has 24 heavy (non-hydrogen) atoms. The van der Waals surface area contributed by atoms with Crippen LogP contribution in [-0.2, 0) is 14.3 Å². The van der Waals surface area contributed by atoms with E-state index in [4.69, 9.17) is 4.74 Å². The minimum atomic E-state index is -0.783. The Labute approximate surface area is 138 Å². The smallest absolute Gasteiger partial charge is 0.325 e. The Kier molecular flexibility index (Phi) is 4.86. The third-order valence-electron chi connectivity index (χ3n) is 4.07. The number of esters is 1. The number of halogens is 1. The Hall–Kier alpha value is -2.51. The molecule has 0 aliphatic carbocycles. The first kappa shape index (κ1) is 17.8. The van der Waals surface area contributed by atoms with Gasteiger partial charge in [-0.3, -0.25) is 19.7 Å². The fourth-order valence-corrected chi connectivity index (χ4v) is 3.12. The molecule has 0 saturated carbocycles. The zero-order valence-electron chi connectivity index (χ0n) is 13.7. The Morgan fingerprint density at radius 3 is 2.75 bits per heavy atom. The van der Waals surface area contributed by atoms with Crippen LogP contribution in [0.25, 0.3) is 0 Å². The van der Waals surface area contributed by atoms with Gasteiger partial charge in [-0.1, -0.05) is 13.8 Å². The van der Waals surface area contributed by atoms with Crippen LogP contribution < -0.4 is 0 Å². The molecule has 1 aromatic rings. The van der Waals surface area contributed by atoms with Crippen LogP contribution in [0.5, 0.6) is 0 Å². The molecule has 1 atom stereocenters. The highest BCUT2D eigenvalue weighted by atomic mass is 19.1. The predicted octanol–water partition coefficient (Wildman–Crippen LogP) is 2.60. The van der Waals surface area contributed by atoms with E-state index in [1.807, 2.05) is 0 Å². The second kappa shape index (κ2) is 6.54. The van der Waals surface area contributed by atoms with E-state index in [9.17, 15) is 24.1 Å². The first-order valence-electron chi connectivity index (χ1n) is 7.56.